The zero-order chi connectivity index (χ0) is 13.1. The van der Waals surface area contributed by atoms with Crippen LogP contribution in [-0.2, 0) is 4.79 Å². The molecule has 18 heavy (non-hydrogen) atoms. The fourth-order valence-corrected chi connectivity index (χ4v) is 1.72. The van der Waals surface area contributed by atoms with Gasteiger partial charge in [0.1, 0.15) is 0 Å². The second kappa shape index (κ2) is 5.14. The number of hydrogen-bond acceptors (Lipinski definition) is 3. The van der Waals surface area contributed by atoms with Crippen LogP contribution in [0.5, 0.6) is 0 Å². The molecule has 0 bridgehead atoms. The second-order valence-electron chi connectivity index (χ2n) is 4.54. The second-order valence-corrected chi connectivity index (χ2v) is 4.54. The largest absolute Gasteiger partial charge is 0.327 e. The standard InChI is InChI=1S/C14H17N3O/c1-9(10(2)15)14(18)17-13-5-3-4-11-8-16-7-6-12(11)13/h3-10H,15H2,1-2H3,(H,17,18). The number of carbonyl (C=O) groups excluding carboxylic acids is 1. The van der Waals surface area contributed by atoms with E-state index in [-0.39, 0.29) is 17.9 Å². The molecular weight excluding hydrogens is 226 g/mol. The molecule has 3 N–H and O–H groups in total. The number of benzene rings is 1. The molecule has 1 heterocycles. The van der Waals surface area contributed by atoms with Gasteiger partial charge < -0.3 is 11.1 Å². The van der Waals surface area contributed by atoms with Gasteiger partial charge in [-0.05, 0) is 19.1 Å². The summed E-state index contributed by atoms with van der Waals surface area (Å²) in [4.78, 5) is 16.1. The minimum Gasteiger partial charge on any atom is -0.327 e. The normalized spacial score (nSPS) is 14.2. The summed E-state index contributed by atoms with van der Waals surface area (Å²) in [6, 6.07) is 7.47. The van der Waals surface area contributed by atoms with Crippen LogP contribution >= 0.6 is 0 Å². The van der Waals surface area contributed by atoms with E-state index >= 15 is 0 Å². The van der Waals surface area contributed by atoms with Gasteiger partial charge in [-0.2, -0.15) is 0 Å². The molecule has 1 aromatic heterocycles. The van der Waals surface area contributed by atoms with Gasteiger partial charge in [0.2, 0.25) is 5.91 Å². The summed E-state index contributed by atoms with van der Waals surface area (Å²) in [6.45, 7) is 3.66. The van der Waals surface area contributed by atoms with Crippen molar-refractivity contribution in [2.24, 2.45) is 11.7 Å². The van der Waals surface area contributed by atoms with Crippen molar-refractivity contribution in [2.75, 3.05) is 5.32 Å². The Kier molecular flexibility index (Phi) is 3.58. The topological polar surface area (TPSA) is 68.0 Å². The average Bonchev–Trinajstić information content (AvgIpc) is 2.38. The highest BCUT2D eigenvalue weighted by atomic mass is 16.1. The van der Waals surface area contributed by atoms with E-state index in [9.17, 15) is 4.79 Å². The predicted molar refractivity (Wildman–Crippen MR) is 73.2 cm³/mol. The van der Waals surface area contributed by atoms with Gasteiger partial charge in [0.25, 0.3) is 0 Å². The molecule has 0 saturated heterocycles. The Labute approximate surface area is 106 Å². The number of nitrogens with one attached hydrogen (secondary N) is 1. The molecule has 4 heteroatoms. The van der Waals surface area contributed by atoms with Gasteiger partial charge in [-0.25, -0.2) is 0 Å². The van der Waals surface area contributed by atoms with Crippen molar-refractivity contribution in [1.29, 1.82) is 0 Å². The number of nitrogens with two attached hydrogens (primary N) is 1. The number of pyridine rings is 1. The van der Waals surface area contributed by atoms with E-state index in [2.05, 4.69) is 10.3 Å². The van der Waals surface area contributed by atoms with Crippen molar-refractivity contribution in [3.63, 3.8) is 0 Å². The molecule has 4 nitrogen and oxygen atoms in total. The van der Waals surface area contributed by atoms with Gasteiger partial charge in [-0.3, -0.25) is 9.78 Å². The van der Waals surface area contributed by atoms with Gasteiger partial charge in [-0.1, -0.05) is 19.1 Å². The molecule has 1 aromatic carbocycles. The van der Waals surface area contributed by atoms with Gasteiger partial charge in [0, 0.05) is 34.9 Å². The summed E-state index contributed by atoms with van der Waals surface area (Å²) in [5.41, 5.74) is 6.53. The monoisotopic (exact) mass is 243 g/mol. The first kappa shape index (κ1) is 12.5. The van der Waals surface area contributed by atoms with Crippen LogP contribution in [0.15, 0.2) is 36.7 Å². The third kappa shape index (κ3) is 2.49. The smallest absolute Gasteiger partial charge is 0.228 e. The van der Waals surface area contributed by atoms with Crippen molar-refractivity contribution in [2.45, 2.75) is 19.9 Å². The highest BCUT2D eigenvalue weighted by Crippen LogP contribution is 2.22. The van der Waals surface area contributed by atoms with Crippen LogP contribution < -0.4 is 11.1 Å². The number of fused-ring (bicyclic) bond motifs is 1. The number of anilines is 1. The molecule has 2 atom stereocenters. The van der Waals surface area contributed by atoms with Crippen LogP contribution in [0, 0.1) is 5.92 Å². The van der Waals surface area contributed by atoms with E-state index in [0.717, 1.165) is 16.5 Å². The minimum atomic E-state index is -0.220. The van der Waals surface area contributed by atoms with Gasteiger partial charge >= 0.3 is 0 Å². The Balaban J connectivity index is 2.30. The van der Waals surface area contributed by atoms with Crippen LogP contribution in [0.3, 0.4) is 0 Å². The Morgan fingerprint density at radius 3 is 2.83 bits per heavy atom. The molecule has 2 unspecified atom stereocenters. The number of rotatable bonds is 3. The Hall–Kier alpha value is -1.94. The molecule has 94 valence electrons. The quantitative estimate of drug-likeness (QED) is 0.868. The summed E-state index contributed by atoms with van der Waals surface area (Å²) in [6.07, 6.45) is 3.49. The molecule has 1 amide bonds. The highest BCUT2D eigenvalue weighted by Gasteiger charge is 2.17. The summed E-state index contributed by atoms with van der Waals surface area (Å²) in [7, 11) is 0. The summed E-state index contributed by atoms with van der Waals surface area (Å²) < 4.78 is 0. The maximum absolute atomic E-state index is 12.0. The molecular formula is C14H17N3O. The highest BCUT2D eigenvalue weighted by molar-refractivity contribution is 6.02. The Morgan fingerprint density at radius 2 is 2.11 bits per heavy atom. The maximum Gasteiger partial charge on any atom is 0.228 e. The molecule has 0 fully saturated rings. The lowest BCUT2D eigenvalue weighted by atomic mass is 10.0. The van der Waals surface area contributed by atoms with Crippen molar-refractivity contribution in [1.82, 2.24) is 4.98 Å². The lowest BCUT2D eigenvalue weighted by molar-refractivity contribution is -0.119. The molecule has 0 radical (unpaired) electrons. The number of amides is 1. The molecule has 0 saturated carbocycles. The van der Waals surface area contributed by atoms with Gasteiger partial charge in [-0.15, -0.1) is 0 Å². The summed E-state index contributed by atoms with van der Waals surface area (Å²) >= 11 is 0. The zero-order valence-electron chi connectivity index (χ0n) is 10.6. The van der Waals surface area contributed by atoms with Crippen molar-refractivity contribution >= 4 is 22.4 Å². The fraction of sp³-hybridized carbons (Fsp3) is 0.286. The van der Waals surface area contributed by atoms with E-state index in [4.69, 9.17) is 5.73 Å². The molecule has 0 aliphatic heterocycles. The van der Waals surface area contributed by atoms with Crippen LogP contribution in [0.25, 0.3) is 10.8 Å². The van der Waals surface area contributed by atoms with Crippen LogP contribution in [0.4, 0.5) is 5.69 Å². The lowest BCUT2D eigenvalue weighted by Gasteiger charge is -2.16. The SMILES string of the molecule is CC(N)C(C)C(=O)Nc1cccc2cnccc12. The van der Waals surface area contributed by atoms with E-state index in [0.29, 0.717) is 0 Å². The third-order valence-corrected chi connectivity index (χ3v) is 3.14. The molecule has 0 aliphatic carbocycles. The maximum atomic E-state index is 12.0. The Morgan fingerprint density at radius 1 is 1.33 bits per heavy atom. The lowest BCUT2D eigenvalue weighted by Crippen LogP contribution is -2.34. The fourth-order valence-electron chi connectivity index (χ4n) is 1.72. The van der Waals surface area contributed by atoms with E-state index in [1.165, 1.54) is 0 Å². The molecule has 0 spiro atoms. The number of aromatic nitrogens is 1. The first-order valence-corrected chi connectivity index (χ1v) is 5.99. The molecule has 2 rings (SSSR count). The predicted octanol–water partition coefficient (Wildman–Crippen LogP) is 2.16. The minimum absolute atomic E-state index is 0.0608. The van der Waals surface area contributed by atoms with Crippen LogP contribution in [0.2, 0.25) is 0 Å². The van der Waals surface area contributed by atoms with Gasteiger partial charge in [0.15, 0.2) is 0 Å². The number of nitrogens with zero attached hydrogens (tertiary/aromatic N) is 1. The first-order valence-electron chi connectivity index (χ1n) is 5.99. The van der Waals surface area contributed by atoms with Crippen molar-refractivity contribution in [3.8, 4) is 0 Å². The molecule has 0 aliphatic rings. The third-order valence-electron chi connectivity index (χ3n) is 3.14. The molecule has 2 aromatic rings. The number of carbonyl (C=O) groups is 1. The van der Waals surface area contributed by atoms with Crippen LogP contribution in [0.1, 0.15) is 13.8 Å². The van der Waals surface area contributed by atoms with Crippen molar-refractivity contribution in [3.05, 3.63) is 36.7 Å². The van der Waals surface area contributed by atoms with Crippen molar-refractivity contribution < 1.29 is 4.79 Å². The van der Waals surface area contributed by atoms with Gasteiger partial charge in [0.05, 0.1) is 5.92 Å². The first-order chi connectivity index (χ1) is 8.59. The summed E-state index contributed by atoms with van der Waals surface area (Å²) in [5, 5.41) is 4.91. The van der Waals surface area contributed by atoms with E-state index in [1.807, 2.05) is 38.1 Å². The average molecular weight is 243 g/mol. The summed E-state index contributed by atoms with van der Waals surface area (Å²) in [5.74, 6) is -0.281. The van der Waals surface area contributed by atoms with E-state index in [1.54, 1.807) is 12.4 Å². The Bertz CT molecular complexity index is 560. The van der Waals surface area contributed by atoms with E-state index < -0.39 is 0 Å². The van der Waals surface area contributed by atoms with Crippen LogP contribution in [-0.4, -0.2) is 16.9 Å². The zero-order valence-corrected chi connectivity index (χ0v) is 10.6. The number of hydrogen-bond donors (Lipinski definition) is 2.